The van der Waals surface area contributed by atoms with Crippen molar-refractivity contribution in [2.45, 2.75) is 30.9 Å². The van der Waals surface area contributed by atoms with Gasteiger partial charge in [-0.3, -0.25) is 0 Å². The van der Waals surface area contributed by atoms with Crippen LogP contribution >= 0.6 is 27.7 Å². The molecule has 0 fully saturated rings. The van der Waals surface area contributed by atoms with Crippen molar-refractivity contribution in [3.63, 3.8) is 0 Å². The molecule has 0 radical (unpaired) electrons. The molecule has 0 spiro atoms. The average molecular weight is 418 g/mol. The summed E-state index contributed by atoms with van der Waals surface area (Å²) >= 11 is 5.13. The summed E-state index contributed by atoms with van der Waals surface area (Å²) in [6, 6.07) is 16.5. The van der Waals surface area contributed by atoms with Gasteiger partial charge < -0.3 is 9.30 Å². The highest BCUT2D eigenvalue weighted by Gasteiger charge is 2.10. The second-order valence-electron chi connectivity index (χ2n) is 5.66. The Morgan fingerprint density at radius 1 is 1.00 bits per heavy atom. The highest BCUT2D eigenvalue weighted by Crippen LogP contribution is 2.23. The lowest BCUT2D eigenvalue weighted by molar-refractivity contribution is 0.290. The lowest BCUT2D eigenvalue weighted by Crippen LogP contribution is -2.04. The van der Waals surface area contributed by atoms with Gasteiger partial charge in [-0.25, -0.2) is 0 Å². The second-order valence-corrected chi connectivity index (χ2v) is 7.52. The number of aryl methyl sites for hydroxylation is 1. The molecule has 2 aromatic carbocycles. The van der Waals surface area contributed by atoms with Crippen LogP contribution in [0.4, 0.5) is 0 Å². The summed E-state index contributed by atoms with van der Waals surface area (Å²) in [5, 5.41) is 9.42. The molecular formula is C19H20BrN3OS. The van der Waals surface area contributed by atoms with Gasteiger partial charge in [-0.1, -0.05) is 58.9 Å². The monoisotopic (exact) mass is 417 g/mol. The predicted octanol–water partition coefficient (Wildman–Crippen LogP) is 5.01. The molecule has 0 unspecified atom stereocenters. The number of benzene rings is 2. The summed E-state index contributed by atoms with van der Waals surface area (Å²) in [5.41, 5.74) is 2.56. The fourth-order valence-corrected chi connectivity index (χ4v) is 3.44. The maximum atomic E-state index is 5.82. The van der Waals surface area contributed by atoms with Gasteiger partial charge in [-0.15, -0.1) is 10.2 Å². The van der Waals surface area contributed by atoms with E-state index in [0.717, 1.165) is 33.4 Å². The molecule has 4 nitrogen and oxygen atoms in total. The quantitative estimate of drug-likeness (QED) is 0.506. The third-order valence-corrected chi connectivity index (χ3v) is 5.53. The molecule has 0 saturated heterocycles. The van der Waals surface area contributed by atoms with Crippen molar-refractivity contribution >= 4 is 27.7 Å². The maximum absolute atomic E-state index is 5.82. The molecule has 0 aliphatic carbocycles. The van der Waals surface area contributed by atoms with Crippen molar-refractivity contribution in [1.29, 1.82) is 0 Å². The van der Waals surface area contributed by atoms with E-state index in [1.165, 1.54) is 11.1 Å². The van der Waals surface area contributed by atoms with Crippen molar-refractivity contribution in [2.24, 2.45) is 7.05 Å². The number of rotatable bonds is 7. The molecule has 0 aliphatic heterocycles. The molecule has 1 heterocycles. The van der Waals surface area contributed by atoms with Crippen LogP contribution in [0.3, 0.4) is 0 Å². The molecule has 3 aromatic rings. The van der Waals surface area contributed by atoms with E-state index in [-0.39, 0.29) is 0 Å². The van der Waals surface area contributed by atoms with Gasteiger partial charge in [0.1, 0.15) is 12.4 Å². The molecule has 0 bridgehead atoms. The third-order valence-electron chi connectivity index (χ3n) is 3.91. The van der Waals surface area contributed by atoms with Gasteiger partial charge in [-0.2, -0.15) is 0 Å². The molecule has 1 aromatic heterocycles. The van der Waals surface area contributed by atoms with Crippen LogP contribution in [0.2, 0.25) is 0 Å². The second kappa shape index (κ2) is 8.54. The van der Waals surface area contributed by atoms with E-state index < -0.39 is 0 Å². The lowest BCUT2D eigenvalue weighted by Gasteiger charge is -2.07. The van der Waals surface area contributed by atoms with Crippen LogP contribution in [0, 0.1) is 0 Å². The van der Waals surface area contributed by atoms with Crippen LogP contribution in [-0.4, -0.2) is 14.8 Å². The van der Waals surface area contributed by atoms with E-state index >= 15 is 0 Å². The zero-order chi connectivity index (χ0) is 17.6. The van der Waals surface area contributed by atoms with Crippen LogP contribution in [0.15, 0.2) is 58.2 Å². The summed E-state index contributed by atoms with van der Waals surface area (Å²) in [7, 11) is 1.97. The summed E-state index contributed by atoms with van der Waals surface area (Å²) < 4.78 is 8.90. The largest absolute Gasteiger partial charge is 0.486 e. The third kappa shape index (κ3) is 4.86. The Labute approximate surface area is 160 Å². The van der Waals surface area contributed by atoms with Crippen molar-refractivity contribution in [2.75, 3.05) is 0 Å². The smallest absolute Gasteiger partial charge is 0.191 e. The number of nitrogens with zero attached hydrogens (tertiary/aromatic N) is 3. The fraction of sp³-hybridized carbons (Fsp3) is 0.263. The number of aromatic nitrogens is 3. The highest BCUT2D eigenvalue weighted by atomic mass is 79.9. The molecule has 25 heavy (non-hydrogen) atoms. The maximum Gasteiger partial charge on any atom is 0.191 e. The first kappa shape index (κ1) is 18.0. The molecule has 3 rings (SSSR count). The highest BCUT2D eigenvalue weighted by molar-refractivity contribution is 9.10. The summed E-state index contributed by atoms with van der Waals surface area (Å²) in [5.74, 6) is 2.53. The van der Waals surface area contributed by atoms with E-state index in [1.807, 2.05) is 23.7 Å². The first-order valence-corrected chi connectivity index (χ1v) is 9.91. The minimum Gasteiger partial charge on any atom is -0.486 e. The van der Waals surface area contributed by atoms with E-state index in [9.17, 15) is 0 Å². The van der Waals surface area contributed by atoms with Crippen LogP contribution in [0.5, 0.6) is 5.75 Å². The first-order chi connectivity index (χ1) is 12.2. The molecule has 6 heteroatoms. The Balaban J connectivity index is 1.57. The molecule has 0 saturated carbocycles. The zero-order valence-electron chi connectivity index (χ0n) is 14.3. The number of hydrogen-bond donors (Lipinski definition) is 0. The van der Waals surface area contributed by atoms with Gasteiger partial charge in [0.15, 0.2) is 11.0 Å². The number of ether oxygens (including phenoxy) is 1. The van der Waals surface area contributed by atoms with Crippen LogP contribution < -0.4 is 4.74 Å². The molecule has 0 atom stereocenters. The average Bonchev–Trinajstić information content (AvgIpc) is 3.00. The number of thioether (sulfide) groups is 1. The van der Waals surface area contributed by atoms with E-state index in [1.54, 1.807) is 11.8 Å². The zero-order valence-corrected chi connectivity index (χ0v) is 16.7. The topological polar surface area (TPSA) is 39.9 Å². The van der Waals surface area contributed by atoms with Gasteiger partial charge in [0.2, 0.25) is 0 Å². The van der Waals surface area contributed by atoms with Crippen molar-refractivity contribution in [3.05, 3.63) is 70.0 Å². The Kier molecular flexibility index (Phi) is 6.15. The van der Waals surface area contributed by atoms with Crippen molar-refractivity contribution in [1.82, 2.24) is 14.8 Å². The lowest BCUT2D eigenvalue weighted by atomic mass is 10.2. The van der Waals surface area contributed by atoms with Crippen LogP contribution in [0.1, 0.15) is 23.9 Å². The normalized spacial score (nSPS) is 10.8. The minimum absolute atomic E-state index is 0.411. The van der Waals surface area contributed by atoms with Crippen molar-refractivity contribution in [3.8, 4) is 5.75 Å². The van der Waals surface area contributed by atoms with Gasteiger partial charge >= 0.3 is 0 Å². The fourth-order valence-electron chi connectivity index (χ4n) is 2.29. The summed E-state index contributed by atoms with van der Waals surface area (Å²) in [6.45, 7) is 2.55. The van der Waals surface area contributed by atoms with Gasteiger partial charge in [0, 0.05) is 17.3 Å². The molecule has 130 valence electrons. The number of halogens is 1. The Bertz CT molecular complexity index is 816. The minimum atomic E-state index is 0.411. The molecule has 0 aliphatic rings. The first-order valence-electron chi connectivity index (χ1n) is 8.13. The summed E-state index contributed by atoms with van der Waals surface area (Å²) in [4.78, 5) is 0. The molecule has 0 amide bonds. The van der Waals surface area contributed by atoms with Crippen molar-refractivity contribution < 1.29 is 4.74 Å². The molecule has 0 N–H and O–H groups in total. The van der Waals surface area contributed by atoms with E-state index in [0.29, 0.717) is 6.61 Å². The molecular weight excluding hydrogens is 398 g/mol. The Morgan fingerprint density at radius 3 is 2.36 bits per heavy atom. The van der Waals surface area contributed by atoms with E-state index in [4.69, 9.17) is 4.74 Å². The predicted molar refractivity (Wildman–Crippen MR) is 105 cm³/mol. The Morgan fingerprint density at radius 2 is 1.68 bits per heavy atom. The Hall–Kier alpha value is -1.79. The number of hydrogen-bond acceptors (Lipinski definition) is 4. The van der Waals surface area contributed by atoms with Crippen LogP contribution in [0.25, 0.3) is 0 Å². The van der Waals surface area contributed by atoms with Crippen LogP contribution in [-0.2, 0) is 25.8 Å². The van der Waals surface area contributed by atoms with Gasteiger partial charge in [-0.05, 0) is 41.8 Å². The summed E-state index contributed by atoms with van der Waals surface area (Å²) in [6.07, 6.45) is 1.03. The van der Waals surface area contributed by atoms with E-state index in [2.05, 4.69) is 69.4 Å². The van der Waals surface area contributed by atoms with Gasteiger partial charge in [0.05, 0.1) is 0 Å². The standard InChI is InChI=1S/C19H20BrN3OS/c1-3-14-6-10-17(11-7-14)24-12-18-21-22-19(23(18)2)25-13-15-4-8-16(20)9-5-15/h4-11H,3,12-13H2,1-2H3. The van der Waals surface area contributed by atoms with Gasteiger partial charge in [0.25, 0.3) is 0 Å². The SMILES string of the molecule is CCc1ccc(OCc2nnc(SCc3ccc(Br)cc3)n2C)cc1.